The molecule has 1 aromatic heterocycles. The fraction of sp³-hybridized carbons (Fsp3) is 0.833. The highest BCUT2D eigenvalue weighted by molar-refractivity contribution is 4.98. The first-order chi connectivity index (χ1) is 7.97. The minimum absolute atomic E-state index is 0.540. The molecular formula is C12H24N4O. The van der Waals surface area contributed by atoms with Crippen molar-refractivity contribution < 1.29 is 4.52 Å². The second-order valence-corrected chi connectivity index (χ2v) is 5.01. The number of nitrogens with zero attached hydrogens (tertiary/aromatic N) is 3. The molecule has 5 nitrogen and oxygen atoms in total. The molecule has 0 amide bonds. The van der Waals surface area contributed by atoms with E-state index in [4.69, 9.17) is 10.3 Å². The van der Waals surface area contributed by atoms with Gasteiger partial charge in [0.1, 0.15) is 0 Å². The zero-order valence-corrected chi connectivity index (χ0v) is 11.4. The Morgan fingerprint density at radius 3 is 2.24 bits per heavy atom. The third-order valence-corrected chi connectivity index (χ3v) is 2.48. The Morgan fingerprint density at radius 1 is 1.24 bits per heavy atom. The molecule has 0 saturated heterocycles. The van der Waals surface area contributed by atoms with Crippen molar-refractivity contribution in [2.24, 2.45) is 5.73 Å². The molecule has 1 aromatic rings. The Balaban J connectivity index is 2.63. The van der Waals surface area contributed by atoms with E-state index in [9.17, 15) is 0 Å². The highest BCUT2D eigenvalue weighted by Crippen LogP contribution is 2.13. The van der Waals surface area contributed by atoms with Gasteiger partial charge in [-0.1, -0.05) is 19.0 Å². The molecule has 0 aliphatic heterocycles. The second kappa shape index (κ2) is 6.12. The van der Waals surface area contributed by atoms with E-state index < -0.39 is 5.54 Å². The van der Waals surface area contributed by atoms with E-state index in [-0.39, 0.29) is 0 Å². The maximum absolute atomic E-state index is 5.92. The number of hydrogen-bond acceptors (Lipinski definition) is 5. The van der Waals surface area contributed by atoms with Crippen LogP contribution in [0.5, 0.6) is 0 Å². The normalized spacial score (nSPS) is 12.4. The van der Waals surface area contributed by atoms with Gasteiger partial charge in [-0.15, -0.1) is 0 Å². The van der Waals surface area contributed by atoms with Gasteiger partial charge in [0.15, 0.2) is 5.82 Å². The fourth-order valence-corrected chi connectivity index (χ4v) is 1.67. The number of rotatable bonds is 7. The van der Waals surface area contributed by atoms with Gasteiger partial charge in [0, 0.05) is 0 Å². The van der Waals surface area contributed by atoms with E-state index in [2.05, 4.69) is 28.9 Å². The quantitative estimate of drug-likeness (QED) is 0.788. The first-order valence-electron chi connectivity index (χ1n) is 6.31. The Labute approximate surface area is 103 Å². The average Bonchev–Trinajstić information content (AvgIpc) is 2.66. The molecule has 0 aromatic carbocycles. The number of nitrogens with two attached hydrogens (primary N) is 1. The molecule has 0 bridgehead atoms. The Hall–Kier alpha value is -0.940. The van der Waals surface area contributed by atoms with Crippen molar-refractivity contribution in [1.82, 2.24) is 15.0 Å². The van der Waals surface area contributed by atoms with Crippen LogP contribution in [0, 0.1) is 0 Å². The molecule has 17 heavy (non-hydrogen) atoms. The van der Waals surface area contributed by atoms with Crippen LogP contribution < -0.4 is 5.73 Å². The third-order valence-electron chi connectivity index (χ3n) is 2.48. The van der Waals surface area contributed by atoms with Crippen molar-refractivity contribution in [2.45, 2.75) is 52.6 Å². The zero-order valence-electron chi connectivity index (χ0n) is 11.4. The van der Waals surface area contributed by atoms with Crippen molar-refractivity contribution in [3.63, 3.8) is 0 Å². The van der Waals surface area contributed by atoms with Crippen LogP contribution in [-0.2, 0) is 12.1 Å². The first-order valence-corrected chi connectivity index (χ1v) is 6.31. The smallest absolute Gasteiger partial charge is 0.240 e. The summed E-state index contributed by atoms with van der Waals surface area (Å²) in [4.78, 5) is 6.66. The van der Waals surface area contributed by atoms with Crippen molar-refractivity contribution in [3.8, 4) is 0 Å². The van der Waals surface area contributed by atoms with E-state index in [1.54, 1.807) is 0 Å². The van der Waals surface area contributed by atoms with Crippen molar-refractivity contribution >= 4 is 0 Å². The lowest BCUT2D eigenvalue weighted by molar-refractivity contribution is 0.226. The molecule has 0 aliphatic rings. The van der Waals surface area contributed by atoms with E-state index in [0.717, 1.165) is 25.9 Å². The summed E-state index contributed by atoms with van der Waals surface area (Å²) in [6, 6.07) is 0. The van der Waals surface area contributed by atoms with Crippen LogP contribution in [0.25, 0.3) is 0 Å². The van der Waals surface area contributed by atoms with Crippen molar-refractivity contribution in [3.05, 3.63) is 11.7 Å². The maximum atomic E-state index is 5.92. The predicted molar refractivity (Wildman–Crippen MR) is 67.4 cm³/mol. The molecule has 0 unspecified atom stereocenters. The van der Waals surface area contributed by atoms with Crippen LogP contribution in [0.15, 0.2) is 4.52 Å². The molecule has 5 heteroatoms. The highest BCUT2D eigenvalue weighted by atomic mass is 16.5. The SMILES string of the molecule is CCCN(CCC)Cc1nc(C(C)(C)N)no1. The molecule has 0 spiro atoms. The second-order valence-electron chi connectivity index (χ2n) is 5.01. The first kappa shape index (κ1) is 14.1. The summed E-state index contributed by atoms with van der Waals surface area (Å²) in [6.45, 7) is 10.9. The van der Waals surface area contributed by atoms with Crippen LogP contribution in [0.4, 0.5) is 0 Å². The van der Waals surface area contributed by atoms with E-state index in [1.165, 1.54) is 0 Å². The molecule has 1 rings (SSSR count). The summed E-state index contributed by atoms with van der Waals surface area (Å²) in [5.74, 6) is 1.22. The largest absolute Gasteiger partial charge is 0.338 e. The molecule has 98 valence electrons. The summed E-state index contributed by atoms with van der Waals surface area (Å²) in [6.07, 6.45) is 2.26. The molecule has 0 fully saturated rings. The minimum atomic E-state index is -0.540. The zero-order chi connectivity index (χ0) is 12.9. The van der Waals surface area contributed by atoms with Crippen molar-refractivity contribution in [2.75, 3.05) is 13.1 Å². The van der Waals surface area contributed by atoms with Crippen LogP contribution >= 0.6 is 0 Å². The Kier molecular flexibility index (Phi) is 5.08. The van der Waals surface area contributed by atoms with E-state index >= 15 is 0 Å². The summed E-state index contributed by atoms with van der Waals surface area (Å²) in [5.41, 5.74) is 5.38. The van der Waals surface area contributed by atoms with Crippen LogP contribution in [0.2, 0.25) is 0 Å². The van der Waals surface area contributed by atoms with Crippen molar-refractivity contribution in [1.29, 1.82) is 0 Å². The molecular weight excluding hydrogens is 216 g/mol. The lowest BCUT2D eigenvalue weighted by Gasteiger charge is -2.18. The molecule has 0 aliphatic carbocycles. The predicted octanol–water partition coefficient (Wildman–Crippen LogP) is 1.89. The maximum Gasteiger partial charge on any atom is 0.240 e. The minimum Gasteiger partial charge on any atom is -0.338 e. The van der Waals surface area contributed by atoms with Crippen LogP contribution in [0.1, 0.15) is 52.3 Å². The summed E-state index contributed by atoms with van der Waals surface area (Å²) in [5, 5.41) is 3.92. The van der Waals surface area contributed by atoms with E-state index in [1.807, 2.05) is 13.8 Å². The van der Waals surface area contributed by atoms with Gasteiger partial charge in [-0.2, -0.15) is 4.98 Å². The fourth-order valence-electron chi connectivity index (χ4n) is 1.67. The topological polar surface area (TPSA) is 68.2 Å². The number of hydrogen-bond donors (Lipinski definition) is 1. The summed E-state index contributed by atoms with van der Waals surface area (Å²) < 4.78 is 5.23. The van der Waals surface area contributed by atoms with Gasteiger partial charge in [0.2, 0.25) is 5.89 Å². The molecule has 1 heterocycles. The van der Waals surface area contributed by atoms with Gasteiger partial charge in [-0.05, 0) is 39.8 Å². The van der Waals surface area contributed by atoms with Gasteiger partial charge in [0.05, 0.1) is 12.1 Å². The standard InChI is InChI=1S/C12H24N4O/c1-5-7-16(8-6-2)9-10-14-11(15-17-10)12(3,4)13/h5-9,13H2,1-4H3. The number of aromatic nitrogens is 2. The summed E-state index contributed by atoms with van der Waals surface area (Å²) >= 11 is 0. The monoisotopic (exact) mass is 240 g/mol. The van der Waals surface area contributed by atoms with Crippen LogP contribution in [0.3, 0.4) is 0 Å². The summed E-state index contributed by atoms with van der Waals surface area (Å²) in [7, 11) is 0. The Morgan fingerprint density at radius 2 is 1.82 bits per heavy atom. The van der Waals surface area contributed by atoms with Gasteiger partial charge < -0.3 is 10.3 Å². The van der Waals surface area contributed by atoms with Gasteiger partial charge in [-0.3, -0.25) is 4.90 Å². The van der Waals surface area contributed by atoms with E-state index in [0.29, 0.717) is 18.3 Å². The average molecular weight is 240 g/mol. The Bertz CT molecular complexity index is 323. The van der Waals surface area contributed by atoms with Crippen LogP contribution in [-0.4, -0.2) is 28.1 Å². The van der Waals surface area contributed by atoms with Gasteiger partial charge in [-0.25, -0.2) is 0 Å². The van der Waals surface area contributed by atoms with Gasteiger partial charge in [0.25, 0.3) is 0 Å². The molecule has 0 saturated carbocycles. The molecule has 2 N–H and O–H groups in total. The molecule has 0 radical (unpaired) electrons. The highest BCUT2D eigenvalue weighted by Gasteiger charge is 2.22. The van der Waals surface area contributed by atoms with Gasteiger partial charge >= 0.3 is 0 Å². The lowest BCUT2D eigenvalue weighted by atomic mass is 10.1. The third kappa shape index (κ3) is 4.44. The lowest BCUT2D eigenvalue weighted by Crippen LogP contribution is -2.30. The molecule has 0 atom stereocenters.